The van der Waals surface area contributed by atoms with E-state index in [1.54, 1.807) is 0 Å². The molecule has 2 unspecified atom stereocenters. The Kier molecular flexibility index (Phi) is 3.83. The van der Waals surface area contributed by atoms with Crippen LogP contribution in [0, 0.1) is 10.7 Å². The zero-order valence-electron chi connectivity index (χ0n) is 8.76. The lowest BCUT2D eigenvalue weighted by Gasteiger charge is -2.11. The molecule has 2 aromatic rings. The number of nitrogens with zero attached hydrogens (tertiary/aromatic N) is 1. The van der Waals surface area contributed by atoms with Crippen molar-refractivity contribution in [2.24, 2.45) is 0 Å². The minimum absolute atomic E-state index is 0.250. The lowest BCUT2D eigenvalue weighted by Crippen LogP contribution is -1.93. The Labute approximate surface area is 102 Å². The van der Waals surface area contributed by atoms with Crippen LogP contribution < -0.4 is 0 Å². The molecule has 2 aromatic carbocycles. The van der Waals surface area contributed by atoms with E-state index >= 15 is 0 Å². The molecule has 0 bridgehead atoms. The maximum atomic E-state index is 8.75. The number of benzene rings is 2. The first-order valence-electron chi connectivity index (χ1n) is 5.08. The van der Waals surface area contributed by atoms with Crippen molar-refractivity contribution in [1.82, 2.24) is 0 Å². The minimum Gasteiger partial charge on any atom is -0.185 e. The number of nitriles is 1. The highest BCUT2D eigenvalue weighted by atomic mass is 32.2. The van der Waals surface area contributed by atoms with Crippen molar-refractivity contribution in [3.63, 3.8) is 0 Å². The lowest BCUT2D eigenvalue weighted by atomic mass is 10.1. The zero-order valence-corrected chi connectivity index (χ0v) is 10.7. The molecule has 16 heavy (non-hydrogen) atoms. The molecule has 0 heterocycles. The third-order valence-electron chi connectivity index (χ3n) is 2.55. The van der Waals surface area contributed by atoms with Crippen LogP contribution in [0.15, 0.2) is 42.5 Å². The maximum absolute atomic E-state index is 8.75. The molecular weight excluding hydrogens is 233 g/mol. The molecule has 3 heteroatoms. The second kappa shape index (κ2) is 5.34. The summed E-state index contributed by atoms with van der Waals surface area (Å²) in [6, 6.07) is 14.7. The van der Waals surface area contributed by atoms with E-state index in [-0.39, 0.29) is 5.25 Å². The summed E-state index contributed by atoms with van der Waals surface area (Å²) in [5.74, 6) is 0. The normalized spacial score (nSPS) is 12.2. The van der Waals surface area contributed by atoms with Gasteiger partial charge in [-0.25, -0.2) is 0 Å². The predicted molar refractivity (Wildman–Crippen MR) is 74.5 cm³/mol. The quantitative estimate of drug-likeness (QED) is 0.603. The van der Waals surface area contributed by atoms with Crippen LogP contribution in [0.3, 0.4) is 0 Å². The van der Waals surface area contributed by atoms with Gasteiger partial charge in [-0.2, -0.15) is 5.26 Å². The third kappa shape index (κ3) is 2.38. The van der Waals surface area contributed by atoms with Crippen molar-refractivity contribution < 1.29 is 0 Å². The summed E-state index contributed by atoms with van der Waals surface area (Å²) < 4.78 is 0. The van der Waals surface area contributed by atoms with Crippen LogP contribution in [-0.2, 0) is 0 Å². The molecule has 0 N–H and O–H groups in total. The van der Waals surface area contributed by atoms with E-state index in [1.165, 1.54) is 28.1 Å². The standard InChI is InChI=1S/C13H12NPS/c14-9-16-13(8-15)12-6-5-10-3-1-2-4-11(10)7-12/h1-7,13H,8,15H2. The van der Waals surface area contributed by atoms with Gasteiger partial charge in [-0.3, -0.25) is 0 Å². The van der Waals surface area contributed by atoms with Crippen molar-refractivity contribution in [1.29, 1.82) is 5.26 Å². The maximum Gasteiger partial charge on any atom is 0.133 e. The van der Waals surface area contributed by atoms with Gasteiger partial charge in [0.05, 0.1) is 0 Å². The Morgan fingerprint density at radius 3 is 2.62 bits per heavy atom. The van der Waals surface area contributed by atoms with Crippen molar-refractivity contribution in [3.05, 3.63) is 48.0 Å². The molecule has 80 valence electrons. The minimum atomic E-state index is 0.250. The van der Waals surface area contributed by atoms with Gasteiger partial charge in [0.15, 0.2) is 0 Å². The van der Waals surface area contributed by atoms with Gasteiger partial charge in [-0.05, 0) is 40.3 Å². The summed E-state index contributed by atoms with van der Waals surface area (Å²) in [5, 5.41) is 13.6. The summed E-state index contributed by atoms with van der Waals surface area (Å²) in [5.41, 5.74) is 1.22. The Morgan fingerprint density at radius 2 is 1.94 bits per heavy atom. The summed E-state index contributed by atoms with van der Waals surface area (Å²) in [6.07, 6.45) is 0.899. The Hall–Kier alpha value is -1.03. The lowest BCUT2D eigenvalue weighted by molar-refractivity contribution is 1.13. The van der Waals surface area contributed by atoms with E-state index < -0.39 is 0 Å². The number of rotatable bonds is 3. The van der Waals surface area contributed by atoms with Crippen LogP contribution in [-0.4, -0.2) is 6.16 Å². The van der Waals surface area contributed by atoms with Crippen molar-refractivity contribution in [2.45, 2.75) is 5.25 Å². The number of hydrogen-bond acceptors (Lipinski definition) is 2. The van der Waals surface area contributed by atoms with Crippen LogP contribution in [0.2, 0.25) is 0 Å². The van der Waals surface area contributed by atoms with Gasteiger partial charge in [0, 0.05) is 5.25 Å². The van der Waals surface area contributed by atoms with Gasteiger partial charge in [0.2, 0.25) is 0 Å². The summed E-state index contributed by atoms with van der Waals surface area (Å²) in [4.78, 5) is 0. The monoisotopic (exact) mass is 245 g/mol. The van der Waals surface area contributed by atoms with Gasteiger partial charge >= 0.3 is 0 Å². The van der Waals surface area contributed by atoms with Gasteiger partial charge in [0.25, 0.3) is 0 Å². The Bertz CT molecular complexity index is 533. The molecule has 2 rings (SSSR count). The first-order valence-corrected chi connectivity index (χ1v) is 6.78. The Balaban J connectivity index is 2.42. The fraction of sp³-hybridized carbons (Fsp3) is 0.154. The third-order valence-corrected chi connectivity index (χ3v) is 4.22. The van der Waals surface area contributed by atoms with E-state index in [9.17, 15) is 0 Å². The van der Waals surface area contributed by atoms with Crippen LogP contribution in [0.4, 0.5) is 0 Å². The highest BCUT2D eigenvalue weighted by Crippen LogP contribution is 2.31. The van der Waals surface area contributed by atoms with Crippen molar-refractivity contribution in [3.8, 4) is 5.40 Å². The van der Waals surface area contributed by atoms with E-state index in [0.29, 0.717) is 0 Å². The summed E-state index contributed by atoms with van der Waals surface area (Å²) in [7, 11) is 2.71. The molecule has 2 atom stereocenters. The fourth-order valence-corrected chi connectivity index (χ4v) is 2.79. The van der Waals surface area contributed by atoms with Gasteiger partial charge in [0.1, 0.15) is 5.40 Å². The molecule has 0 aliphatic carbocycles. The number of thioether (sulfide) groups is 1. The summed E-state index contributed by atoms with van der Waals surface area (Å²) in [6.45, 7) is 0. The molecule has 0 aromatic heterocycles. The molecule has 0 aliphatic rings. The zero-order chi connectivity index (χ0) is 11.4. The average molecular weight is 245 g/mol. The highest BCUT2D eigenvalue weighted by Gasteiger charge is 2.09. The Morgan fingerprint density at radius 1 is 1.19 bits per heavy atom. The van der Waals surface area contributed by atoms with E-state index in [2.05, 4.69) is 45.0 Å². The van der Waals surface area contributed by atoms with Crippen LogP contribution in [0.1, 0.15) is 10.8 Å². The molecule has 0 aliphatic heterocycles. The number of thiocyanates is 1. The second-order valence-electron chi connectivity index (χ2n) is 3.54. The van der Waals surface area contributed by atoms with Gasteiger partial charge in [-0.15, -0.1) is 9.24 Å². The largest absolute Gasteiger partial charge is 0.185 e. The topological polar surface area (TPSA) is 23.8 Å². The SMILES string of the molecule is N#CSC(CP)c1ccc2ccccc2c1. The molecule has 0 saturated heterocycles. The first kappa shape index (κ1) is 11.5. The van der Waals surface area contributed by atoms with Crippen molar-refractivity contribution >= 4 is 31.8 Å². The molecule has 0 fully saturated rings. The first-order chi connectivity index (χ1) is 7.85. The fourth-order valence-electron chi connectivity index (χ4n) is 1.72. The van der Waals surface area contributed by atoms with Crippen LogP contribution in [0.25, 0.3) is 10.8 Å². The van der Waals surface area contributed by atoms with Crippen molar-refractivity contribution in [2.75, 3.05) is 6.16 Å². The predicted octanol–water partition coefficient (Wildman–Crippen LogP) is 3.97. The average Bonchev–Trinajstić information content (AvgIpc) is 2.35. The number of fused-ring (bicyclic) bond motifs is 1. The van der Waals surface area contributed by atoms with Gasteiger partial charge in [-0.1, -0.05) is 36.4 Å². The second-order valence-corrected chi connectivity index (χ2v) is 5.00. The smallest absolute Gasteiger partial charge is 0.133 e. The molecular formula is C13H12NPS. The van der Waals surface area contributed by atoms with Gasteiger partial charge < -0.3 is 0 Å². The molecule has 0 spiro atoms. The molecule has 0 saturated carbocycles. The van der Waals surface area contributed by atoms with E-state index in [4.69, 9.17) is 5.26 Å². The summed E-state index contributed by atoms with van der Waals surface area (Å²) >= 11 is 1.32. The highest BCUT2D eigenvalue weighted by molar-refractivity contribution is 8.04. The molecule has 0 radical (unpaired) electrons. The molecule has 0 amide bonds. The van der Waals surface area contributed by atoms with E-state index in [0.717, 1.165) is 6.16 Å². The van der Waals surface area contributed by atoms with Crippen LogP contribution in [0.5, 0.6) is 0 Å². The number of hydrogen-bond donors (Lipinski definition) is 0. The van der Waals surface area contributed by atoms with E-state index in [1.807, 2.05) is 12.1 Å². The molecule has 1 nitrogen and oxygen atoms in total. The van der Waals surface area contributed by atoms with Crippen LogP contribution >= 0.6 is 21.0 Å².